The zero-order valence-corrected chi connectivity index (χ0v) is 18.0. The van der Waals surface area contributed by atoms with Crippen LogP contribution in [0.1, 0.15) is 25.3 Å². The van der Waals surface area contributed by atoms with Gasteiger partial charge in [0.25, 0.3) is 0 Å². The summed E-state index contributed by atoms with van der Waals surface area (Å²) in [6, 6.07) is 12.2. The minimum absolute atomic E-state index is 0.192. The van der Waals surface area contributed by atoms with Gasteiger partial charge in [0.1, 0.15) is 5.75 Å². The van der Waals surface area contributed by atoms with Crippen molar-refractivity contribution in [1.29, 1.82) is 0 Å². The van der Waals surface area contributed by atoms with Crippen LogP contribution in [0.5, 0.6) is 5.75 Å². The number of carbonyl (C=O) groups excluding carboxylic acids is 1. The highest BCUT2D eigenvalue weighted by Gasteiger charge is 2.26. The maximum atomic E-state index is 12.6. The van der Waals surface area contributed by atoms with Gasteiger partial charge in [-0.2, -0.15) is 0 Å². The van der Waals surface area contributed by atoms with Gasteiger partial charge in [-0.1, -0.05) is 41.4 Å². The van der Waals surface area contributed by atoms with Crippen LogP contribution in [0, 0.1) is 12.0 Å². The second-order valence-electron chi connectivity index (χ2n) is 6.94. The number of rotatable bonds is 6. The number of para-hydroxylation sites is 1. The van der Waals surface area contributed by atoms with Crippen molar-refractivity contribution in [1.82, 2.24) is 4.90 Å². The maximum absolute atomic E-state index is 12.6. The van der Waals surface area contributed by atoms with Crippen molar-refractivity contribution in [3.05, 3.63) is 58.1 Å². The number of halogens is 2. The summed E-state index contributed by atoms with van der Waals surface area (Å²) in [6.07, 6.45) is 4.00. The summed E-state index contributed by atoms with van der Waals surface area (Å²) in [5.41, 5.74) is 2.17. The molecule has 0 bridgehead atoms. The quantitative estimate of drug-likeness (QED) is 0.619. The van der Waals surface area contributed by atoms with E-state index < -0.39 is 11.9 Å². The number of piperidine rings is 1. The lowest BCUT2D eigenvalue weighted by Gasteiger charge is -2.29. The van der Waals surface area contributed by atoms with Gasteiger partial charge in [-0.15, -0.1) is 0 Å². The van der Waals surface area contributed by atoms with Crippen molar-refractivity contribution < 1.29 is 19.4 Å². The predicted molar refractivity (Wildman–Crippen MR) is 118 cm³/mol. The van der Waals surface area contributed by atoms with E-state index >= 15 is 0 Å². The van der Waals surface area contributed by atoms with Crippen molar-refractivity contribution >= 4 is 41.2 Å². The Bertz CT molecular complexity index is 966. The van der Waals surface area contributed by atoms with Gasteiger partial charge in [0.05, 0.1) is 22.6 Å². The normalized spacial score (nSPS) is 14.8. The molecule has 2 aromatic rings. The van der Waals surface area contributed by atoms with Crippen LogP contribution in [-0.4, -0.2) is 41.6 Å². The lowest BCUT2D eigenvalue weighted by Crippen LogP contribution is -2.39. The fourth-order valence-corrected chi connectivity index (χ4v) is 3.85. The maximum Gasteiger partial charge on any atom is 0.306 e. The summed E-state index contributed by atoms with van der Waals surface area (Å²) in [5.74, 6) is -0.693. The second kappa shape index (κ2) is 10.0. The second-order valence-corrected chi connectivity index (χ2v) is 7.70. The van der Waals surface area contributed by atoms with E-state index in [2.05, 4.69) is 6.07 Å². The minimum atomic E-state index is -0.808. The number of amides is 1. The van der Waals surface area contributed by atoms with Crippen molar-refractivity contribution in [3.63, 3.8) is 0 Å². The van der Waals surface area contributed by atoms with E-state index in [0.29, 0.717) is 48.9 Å². The van der Waals surface area contributed by atoms with Crippen LogP contribution in [0.3, 0.4) is 0 Å². The molecule has 0 saturated carbocycles. The summed E-state index contributed by atoms with van der Waals surface area (Å²) in [7, 11) is 0. The highest BCUT2D eigenvalue weighted by Crippen LogP contribution is 2.38. The van der Waals surface area contributed by atoms with Crippen molar-refractivity contribution in [2.45, 2.75) is 19.8 Å². The Hall–Kier alpha value is -2.50. The summed E-state index contributed by atoms with van der Waals surface area (Å²) in [5, 5.41) is 9.68. The average molecular weight is 447 g/mol. The molecule has 1 heterocycles. The van der Waals surface area contributed by atoms with Crippen molar-refractivity contribution in [2.24, 2.45) is 5.92 Å². The first kappa shape index (κ1) is 22.2. The first-order chi connectivity index (χ1) is 14.4. The molecule has 1 N–H and O–H groups in total. The molecule has 1 saturated heterocycles. The standard InChI is InChI=1S/C23H22Cl2NO4/c1-2-30-20-6-4-3-5-17(20)16-7-9-19(24)22(25)18(16)8-10-21(27)26-13-11-15(12-14-26)23(28)29/h3-8,10,15H,2,11-14H2,1H3,(H,28,29)/b10-8+. The average Bonchev–Trinajstić information content (AvgIpc) is 2.75. The predicted octanol–water partition coefficient (Wildman–Crippen LogP) is 5.20. The fraction of sp³-hybridized carbons (Fsp3) is 0.304. The zero-order chi connectivity index (χ0) is 21.7. The van der Waals surface area contributed by atoms with Gasteiger partial charge in [-0.3, -0.25) is 9.59 Å². The molecule has 1 aliphatic rings. The Kier molecular flexibility index (Phi) is 7.40. The number of likely N-dealkylation sites (tertiary alicyclic amines) is 1. The third-order valence-electron chi connectivity index (χ3n) is 5.09. The SMILES string of the molecule is CCOc1ccccc1-c1c[c]c(Cl)c(Cl)c1/C=C/C(=O)N1CCC(C(=O)O)CC1. The van der Waals surface area contributed by atoms with Crippen LogP contribution in [-0.2, 0) is 9.59 Å². The molecule has 1 amide bonds. The Morgan fingerprint density at radius 1 is 1.23 bits per heavy atom. The Balaban J connectivity index is 1.88. The molecule has 7 heteroatoms. The minimum Gasteiger partial charge on any atom is -0.493 e. The molecular weight excluding hydrogens is 425 g/mol. The van der Waals surface area contributed by atoms with Crippen molar-refractivity contribution in [2.75, 3.05) is 19.7 Å². The molecule has 30 heavy (non-hydrogen) atoms. The van der Waals surface area contributed by atoms with Gasteiger partial charge in [0.15, 0.2) is 0 Å². The van der Waals surface area contributed by atoms with Crippen LogP contribution in [0.15, 0.2) is 36.4 Å². The van der Waals surface area contributed by atoms with Gasteiger partial charge in [0, 0.05) is 36.4 Å². The van der Waals surface area contributed by atoms with Crippen LogP contribution in [0.4, 0.5) is 0 Å². The van der Waals surface area contributed by atoms with E-state index in [1.807, 2.05) is 31.2 Å². The third kappa shape index (κ3) is 4.97. The van der Waals surface area contributed by atoms with E-state index in [-0.39, 0.29) is 10.9 Å². The number of hydrogen-bond donors (Lipinski definition) is 1. The first-order valence-corrected chi connectivity index (χ1v) is 10.5. The van der Waals surface area contributed by atoms with Crippen LogP contribution in [0.2, 0.25) is 10.0 Å². The van der Waals surface area contributed by atoms with Crippen LogP contribution >= 0.6 is 23.2 Å². The van der Waals surface area contributed by atoms with E-state index in [9.17, 15) is 9.59 Å². The molecule has 0 atom stereocenters. The van der Waals surface area contributed by atoms with Gasteiger partial charge in [-0.25, -0.2) is 0 Å². The first-order valence-electron chi connectivity index (χ1n) is 9.74. The highest BCUT2D eigenvalue weighted by molar-refractivity contribution is 6.43. The van der Waals surface area contributed by atoms with Gasteiger partial charge in [-0.05, 0) is 43.5 Å². The number of ether oxygens (including phenoxy) is 1. The van der Waals surface area contributed by atoms with Crippen molar-refractivity contribution in [3.8, 4) is 16.9 Å². The van der Waals surface area contributed by atoms with E-state index in [1.165, 1.54) is 6.08 Å². The van der Waals surface area contributed by atoms with E-state index in [0.717, 1.165) is 11.1 Å². The molecule has 1 fully saturated rings. The molecule has 0 unspecified atom stereocenters. The van der Waals surface area contributed by atoms with E-state index in [1.54, 1.807) is 17.0 Å². The Morgan fingerprint density at radius 2 is 1.93 bits per heavy atom. The summed E-state index contributed by atoms with van der Waals surface area (Å²) < 4.78 is 5.73. The largest absolute Gasteiger partial charge is 0.493 e. The highest BCUT2D eigenvalue weighted by atomic mass is 35.5. The zero-order valence-electron chi connectivity index (χ0n) is 16.5. The van der Waals surface area contributed by atoms with Crippen LogP contribution < -0.4 is 4.74 Å². The lowest BCUT2D eigenvalue weighted by molar-refractivity contribution is -0.144. The van der Waals surface area contributed by atoms with Gasteiger partial charge >= 0.3 is 5.97 Å². The molecule has 0 spiro atoms. The topological polar surface area (TPSA) is 66.8 Å². The number of benzene rings is 2. The van der Waals surface area contributed by atoms with Gasteiger partial charge < -0.3 is 14.7 Å². The molecule has 1 aliphatic heterocycles. The molecular formula is C23H22Cl2NO4. The van der Waals surface area contributed by atoms with Crippen LogP contribution in [0.25, 0.3) is 17.2 Å². The summed E-state index contributed by atoms with van der Waals surface area (Å²) >= 11 is 12.6. The summed E-state index contributed by atoms with van der Waals surface area (Å²) in [4.78, 5) is 25.4. The molecule has 3 rings (SSSR count). The molecule has 0 aliphatic carbocycles. The monoisotopic (exact) mass is 446 g/mol. The smallest absolute Gasteiger partial charge is 0.306 e. The third-order valence-corrected chi connectivity index (χ3v) is 5.88. The van der Waals surface area contributed by atoms with E-state index in [4.69, 9.17) is 33.0 Å². The molecule has 0 aromatic heterocycles. The summed E-state index contributed by atoms with van der Waals surface area (Å²) in [6.45, 7) is 3.25. The molecule has 2 aromatic carbocycles. The lowest BCUT2D eigenvalue weighted by atomic mass is 9.96. The number of carboxylic acid groups (broad SMARTS) is 1. The molecule has 1 radical (unpaired) electrons. The molecule has 5 nitrogen and oxygen atoms in total. The Labute approximate surface area is 185 Å². The Morgan fingerprint density at radius 3 is 2.60 bits per heavy atom. The number of carbonyl (C=O) groups is 2. The fourth-order valence-electron chi connectivity index (χ4n) is 3.48. The number of carboxylic acids is 1. The number of aliphatic carboxylic acids is 1. The molecule has 157 valence electrons. The van der Waals surface area contributed by atoms with Gasteiger partial charge in [0.2, 0.25) is 5.91 Å². The number of nitrogens with zero attached hydrogens (tertiary/aromatic N) is 1. The number of hydrogen-bond acceptors (Lipinski definition) is 3.